The van der Waals surface area contributed by atoms with E-state index in [1.54, 1.807) is 31.2 Å². The summed E-state index contributed by atoms with van der Waals surface area (Å²) in [6, 6.07) is 7.29. The van der Waals surface area contributed by atoms with E-state index in [1.807, 2.05) is 19.1 Å². The van der Waals surface area contributed by atoms with E-state index in [0.717, 1.165) is 5.56 Å². The molecule has 4 atom stereocenters. The summed E-state index contributed by atoms with van der Waals surface area (Å²) < 4.78 is 5.88. The Morgan fingerprint density at radius 3 is 2.41 bits per heavy atom. The standard InChI is InChI=1S/C17H17NO4/c1-10-3-5-11(6-4-10)18-14(20)12-13(15(18)21)17(9-19)8-7-16(12,2)22-17/h3-8,12-13,19H,9H2,1-2H3/t12-,13+,16-,17+/m1/s1. The average Bonchev–Trinajstić information content (AvgIpc) is 3.07. The van der Waals surface area contributed by atoms with Gasteiger partial charge in [-0.1, -0.05) is 29.8 Å². The fourth-order valence-corrected chi connectivity index (χ4v) is 3.99. The molecule has 4 rings (SSSR count). The molecule has 2 fully saturated rings. The van der Waals surface area contributed by atoms with Crippen LogP contribution < -0.4 is 4.90 Å². The van der Waals surface area contributed by atoms with Crippen molar-refractivity contribution in [3.63, 3.8) is 0 Å². The van der Waals surface area contributed by atoms with Gasteiger partial charge in [-0.25, -0.2) is 4.90 Å². The van der Waals surface area contributed by atoms with Gasteiger partial charge in [0.05, 0.1) is 29.7 Å². The number of amides is 2. The highest BCUT2D eigenvalue weighted by molar-refractivity contribution is 6.23. The molecule has 5 nitrogen and oxygen atoms in total. The third-order valence-electron chi connectivity index (χ3n) is 5.10. The second-order valence-electron chi connectivity index (χ2n) is 6.54. The first-order valence-electron chi connectivity index (χ1n) is 7.38. The normalized spacial score (nSPS) is 39.0. The van der Waals surface area contributed by atoms with Crippen molar-refractivity contribution < 1.29 is 19.4 Å². The molecular weight excluding hydrogens is 282 g/mol. The third kappa shape index (κ3) is 1.45. The molecule has 3 heterocycles. The summed E-state index contributed by atoms with van der Waals surface area (Å²) in [7, 11) is 0. The van der Waals surface area contributed by atoms with Crippen molar-refractivity contribution in [1.82, 2.24) is 0 Å². The highest BCUT2D eigenvalue weighted by Crippen LogP contribution is 2.57. The molecule has 5 heteroatoms. The zero-order valence-electron chi connectivity index (χ0n) is 12.4. The fraction of sp³-hybridized carbons (Fsp3) is 0.412. The lowest BCUT2D eigenvalue weighted by molar-refractivity contribution is -0.131. The third-order valence-corrected chi connectivity index (χ3v) is 5.10. The summed E-state index contributed by atoms with van der Waals surface area (Å²) >= 11 is 0. The van der Waals surface area contributed by atoms with Crippen LogP contribution in [0.5, 0.6) is 0 Å². The van der Waals surface area contributed by atoms with Crippen molar-refractivity contribution in [3.8, 4) is 0 Å². The van der Waals surface area contributed by atoms with Gasteiger partial charge in [-0.2, -0.15) is 0 Å². The molecule has 0 saturated carbocycles. The number of carbonyl (C=O) groups excluding carboxylic acids is 2. The first kappa shape index (κ1) is 13.7. The molecule has 22 heavy (non-hydrogen) atoms. The molecule has 0 spiro atoms. The number of hydrogen-bond donors (Lipinski definition) is 1. The van der Waals surface area contributed by atoms with E-state index < -0.39 is 23.0 Å². The number of benzene rings is 1. The van der Waals surface area contributed by atoms with Gasteiger partial charge in [0.15, 0.2) is 0 Å². The summed E-state index contributed by atoms with van der Waals surface area (Å²) in [5, 5.41) is 9.74. The predicted molar refractivity (Wildman–Crippen MR) is 79.1 cm³/mol. The Morgan fingerprint density at radius 2 is 1.77 bits per heavy atom. The summed E-state index contributed by atoms with van der Waals surface area (Å²) in [6.45, 7) is 3.45. The molecule has 3 aliphatic rings. The Kier molecular flexibility index (Phi) is 2.52. The lowest BCUT2D eigenvalue weighted by Gasteiger charge is -2.26. The van der Waals surface area contributed by atoms with Gasteiger partial charge in [-0.05, 0) is 26.0 Å². The molecule has 0 aromatic heterocycles. The molecule has 2 saturated heterocycles. The number of imide groups is 1. The van der Waals surface area contributed by atoms with Gasteiger partial charge in [-0.15, -0.1) is 0 Å². The smallest absolute Gasteiger partial charge is 0.241 e. The van der Waals surface area contributed by atoms with Gasteiger partial charge in [0, 0.05) is 0 Å². The van der Waals surface area contributed by atoms with Crippen LogP contribution >= 0.6 is 0 Å². The Hall–Kier alpha value is -1.98. The van der Waals surface area contributed by atoms with Crippen LogP contribution in [0.15, 0.2) is 36.4 Å². The van der Waals surface area contributed by atoms with E-state index >= 15 is 0 Å². The number of anilines is 1. The zero-order chi connectivity index (χ0) is 15.7. The molecule has 0 aliphatic carbocycles. The summed E-state index contributed by atoms with van der Waals surface area (Å²) in [5.74, 6) is -1.76. The van der Waals surface area contributed by atoms with E-state index in [1.165, 1.54) is 4.90 Å². The van der Waals surface area contributed by atoms with Crippen molar-refractivity contribution in [3.05, 3.63) is 42.0 Å². The van der Waals surface area contributed by atoms with Crippen LogP contribution in [-0.4, -0.2) is 34.7 Å². The van der Waals surface area contributed by atoms with Crippen molar-refractivity contribution in [2.75, 3.05) is 11.5 Å². The number of ether oxygens (including phenoxy) is 1. The number of aliphatic hydroxyl groups excluding tert-OH is 1. The molecule has 2 amide bonds. The number of carbonyl (C=O) groups is 2. The van der Waals surface area contributed by atoms with E-state index in [-0.39, 0.29) is 18.4 Å². The topological polar surface area (TPSA) is 66.8 Å². The van der Waals surface area contributed by atoms with Crippen LogP contribution in [0.2, 0.25) is 0 Å². The minimum atomic E-state index is -1.06. The highest BCUT2D eigenvalue weighted by Gasteiger charge is 2.72. The maximum Gasteiger partial charge on any atom is 0.241 e. The van der Waals surface area contributed by atoms with Gasteiger partial charge < -0.3 is 9.84 Å². The molecule has 0 unspecified atom stereocenters. The number of hydrogen-bond acceptors (Lipinski definition) is 4. The predicted octanol–water partition coefficient (Wildman–Crippen LogP) is 1.19. The molecule has 3 aliphatic heterocycles. The number of aliphatic hydroxyl groups is 1. The van der Waals surface area contributed by atoms with Gasteiger partial charge in [-0.3, -0.25) is 9.59 Å². The molecule has 2 bridgehead atoms. The molecule has 114 valence electrons. The van der Waals surface area contributed by atoms with Crippen molar-refractivity contribution >= 4 is 17.5 Å². The Labute approximate surface area is 128 Å². The highest BCUT2D eigenvalue weighted by atomic mass is 16.5. The Balaban J connectivity index is 1.80. The first-order chi connectivity index (χ1) is 10.4. The Morgan fingerprint density at radius 1 is 1.14 bits per heavy atom. The zero-order valence-corrected chi connectivity index (χ0v) is 12.4. The molecule has 1 aromatic carbocycles. The summed E-state index contributed by atoms with van der Waals surface area (Å²) in [4.78, 5) is 26.9. The van der Waals surface area contributed by atoms with Crippen molar-refractivity contribution in [2.24, 2.45) is 11.8 Å². The first-order valence-corrected chi connectivity index (χ1v) is 7.38. The lowest BCUT2D eigenvalue weighted by Crippen LogP contribution is -2.43. The maximum atomic E-state index is 12.9. The largest absolute Gasteiger partial charge is 0.393 e. The van der Waals surface area contributed by atoms with Crippen LogP contribution in [0, 0.1) is 18.8 Å². The van der Waals surface area contributed by atoms with Crippen LogP contribution in [0.25, 0.3) is 0 Å². The van der Waals surface area contributed by atoms with E-state index in [0.29, 0.717) is 5.69 Å². The molecule has 1 aromatic rings. The minimum absolute atomic E-state index is 0.249. The Bertz CT molecular complexity index is 710. The fourth-order valence-electron chi connectivity index (χ4n) is 3.99. The second kappa shape index (κ2) is 4.06. The van der Waals surface area contributed by atoms with Gasteiger partial charge in [0.1, 0.15) is 5.60 Å². The van der Waals surface area contributed by atoms with Gasteiger partial charge in [0.25, 0.3) is 0 Å². The van der Waals surface area contributed by atoms with Gasteiger partial charge in [0.2, 0.25) is 11.8 Å². The van der Waals surface area contributed by atoms with Crippen LogP contribution in [0.4, 0.5) is 5.69 Å². The summed E-state index contributed by atoms with van der Waals surface area (Å²) in [6.07, 6.45) is 3.53. The number of rotatable bonds is 2. The quantitative estimate of drug-likeness (QED) is 0.658. The van der Waals surface area contributed by atoms with Crippen LogP contribution in [0.3, 0.4) is 0 Å². The number of fused-ring (bicyclic) bond motifs is 5. The van der Waals surface area contributed by atoms with E-state index in [4.69, 9.17) is 4.74 Å². The SMILES string of the molecule is Cc1ccc(N2C(=O)[C@@H]3[C@H](C2=O)[C@@]2(C)C=C[C@@]3(CO)O2)cc1. The monoisotopic (exact) mass is 299 g/mol. The average molecular weight is 299 g/mol. The van der Waals surface area contributed by atoms with Crippen molar-refractivity contribution in [1.29, 1.82) is 0 Å². The van der Waals surface area contributed by atoms with E-state index in [9.17, 15) is 14.7 Å². The van der Waals surface area contributed by atoms with E-state index in [2.05, 4.69) is 0 Å². The minimum Gasteiger partial charge on any atom is -0.393 e. The maximum absolute atomic E-state index is 12.9. The van der Waals surface area contributed by atoms with Gasteiger partial charge >= 0.3 is 0 Å². The molecule has 0 radical (unpaired) electrons. The van der Waals surface area contributed by atoms with Crippen molar-refractivity contribution in [2.45, 2.75) is 25.0 Å². The van der Waals surface area contributed by atoms with Crippen LogP contribution in [0.1, 0.15) is 12.5 Å². The second-order valence-corrected chi connectivity index (χ2v) is 6.54. The molecular formula is C17H17NO4. The number of aryl methyl sites for hydroxylation is 1. The number of nitrogens with zero attached hydrogens (tertiary/aromatic N) is 1. The van der Waals surface area contributed by atoms with Crippen LogP contribution in [-0.2, 0) is 14.3 Å². The lowest BCUT2D eigenvalue weighted by atomic mass is 9.73. The summed E-state index contributed by atoms with van der Waals surface area (Å²) in [5.41, 5.74) is -0.247. The molecule has 1 N–H and O–H groups in total.